The number of carbonyl (C=O) groups is 1. The molecule has 0 bridgehead atoms. The highest BCUT2D eigenvalue weighted by molar-refractivity contribution is 5.93. The van der Waals surface area contributed by atoms with Gasteiger partial charge in [-0.05, 0) is 11.6 Å². The van der Waals surface area contributed by atoms with Crippen molar-refractivity contribution in [3.05, 3.63) is 83.7 Å². The predicted octanol–water partition coefficient (Wildman–Crippen LogP) is 4.43. The highest BCUT2D eigenvalue weighted by Crippen LogP contribution is 2.32. The minimum absolute atomic E-state index is 0.0303. The van der Waals surface area contributed by atoms with E-state index in [0.717, 1.165) is 11.6 Å². The second kappa shape index (κ2) is 7.57. The number of hydrogen-bond acceptors (Lipinski definition) is 3. The lowest BCUT2D eigenvalue weighted by molar-refractivity contribution is -0.138. The molecule has 0 aliphatic heterocycles. The first-order valence-electron chi connectivity index (χ1n) is 8.14. The Balaban J connectivity index is 1.77. The van der Waals surface area contributed by atoms with Gasteiger partial charge in [-0.1, -0.05) is 48.5 Å². The normalized spacial score (nSPS) is 11.3. The Morgan fingerprint density at radius 1 is 0.963 bits per heavy atom. The lowest BCUT2D eigenvalue weighted by Crippen LogP contribution is -2.27. The highest BCUT2D eigenvalue weighted by atomic mass is 19.4. The molecule has 27 heavy (non-hydrogen) atoms. The van der Waals surface area contributed by atoms with Crippen LogP contribution in [0.15, 0.2) is 67.0 Å². The summed E-state index contributed by atoms with van der Waals surface area (Å²) in [5.41, 5.74) is 0.300. The molecule has 0 saturated heterocycles. The average molecular weight is 371 g/mol. The van der Waals surface area contributed by atoms with Gasteiger partial charge in [-0.3, -0.25) is 4.79 Å². The van der Waals surface area contributed by atoms with Gasteiger partial charge in [-0.2, -0.15) is 13.2 Å². The number of hydrogen-bond donors (Lipinski definition) is 0. The molecule has 3 aromatic rings. The van der Waals surface area contributed by atoms with Crippen LogP contribution in [0.4, 0.5) is 13.2 Å². The average Bonchev–Trinajstić information content (AvgIpc) is 2.68. The number of carbonyl (C=O) groups excluding carboxylic acids is 1. The van der Waals surface area contributed by atoms with Crippen molar-refractivity contribution in [3.63, 3.8) is 0 Å². The van der Waals surface area contributed by atoms with Crippen LogP contribution < -0.4 is 0 Å². The molecule has 0 N–H and O–H groups in total. The zero-order valence-corrected chi connectivity index (χ0v) is 14.4. The number of benzene rings is 2. The van der Waals surface area contributed by atoms with Crippen molar-refractivity contribution in [1.29, 1.82) is 0 Å². The van der Waals surface area contributed by atoms with Gasteiger partial charge in [-0.15, -0.1) is 0 Å². The molecule has 7 heteroatoms. The van der Waals surface area contributed by atoms with E-state index in [1.54, 1.807) is 0 Å². The molecule has 3 rings (SSSR count). The van der Waals surface area contributed by atoms with Crippen molar-refractivity contribution >= 4 is 5.91 Å². The van der Waals surface area contributed by atoms with Crippen LogP contribution in [0.1, 0.15) is 21.5 Å². The molecule has 0 atom stereocenters. The van der Waals surface area contributed by atoms with Crippen molar-refractivity contribution in [2.24, 2.45) is 0 Å². The van der Waals surface area contributed by atoms with E-state index in [1.165, 1.54) is 42.5 Å². The van der Waals surface area contributed by atoms with E-state index in [2.05, 4.69) is 9.97 Å². The van der Waals surface area contributed by atoms with E-state index >= 15 is 0 Å². The molecule has 0 radical (unpaired) electrons. The molecule has 1 amide bonds. The summed E-state index contributed by atoms with van der Waals surface area (Å²) in [6.07, 6.45) is -1.71. The van der Waals surface area contributed by atoms with Crippen LogP contribution in [0.3, 0.4) is 0 Å². The van der Waals surface area contributed by atoms with E-state index in [4.69, 9.17) is 0 Å². The lowest BCUT2D eigenvalue weighted by Gasteiger charge is -2.20. The maximum atomic E-state index is 13.1. The Morgan fingerprint density at radius 3 is 2.19 bits per heavy atom. The SMILES string of the molecule is CN(Cc1ccccc1C(F)(F)F)C(=O)c1cnc(-c2ccccc2)nc1. The first-order valence-corrected chi connectivity index (χ1v) is 8.14. The van der Waals surface area contributed by atoms with Gasteiger partial charge >= 0.3 is 6.18 Å². The van der Waals surface area contributed by atoms with Crippen LogP contribution in [-0.2, 0) is 12.7 Å². The minimum Gasteiger partial charge on any atom is -0.337 e. The van der Waals surface area contributed by atoms with Gasteiger partial charge in [0.05, 0.1) is 11.1 Å². The Bertz CT molecular complexity index is 925. The van der Waals surface area contributed by atoms with Gasteiger partial charge in [0.25, 0.3) is 5.91 Å². The Hall–Kier alpha value is -3.22. The zero-order valence-electron chi connectivity index (χ0n) is 14.4. The number of halogens is 3. The van der Waals surface area contributed by atoms with Crippen LogP contribution in [0.5, 0.6) is 0 Å². The number of aromatic nitrogens is 2. The van der Waals surface area contributed by atoms with Gasteiger partial charge in [0.2, 0.25) is 0 Å². The van der Waals surface area contributed by atoms with Gasteiger partial charge in [0.15, 0.2) is 5.82 Å². The second-order valence-corrected chi connectivity index (χ2v) is 5.98. The van der Waals surface area contributed by atoms with Crippen LogP contribution >= 0.6 is 0 Å². The summed E-state index contributed by atoms with van der Waals surface area (Å²) in [5.74, 6) is 0.0174. The Labute approximate surface area is 154 Å². The number of alkyl halides is 3. The Kier molecular flexibility index (Phi) is 5.21. The van der Waals surface area contributed by atoms with Crippen molar-refractivity contribution in [3.8, 4) is 11.4 Å². The molecule has 0 unspecified atom stereocenters. The summed E-state index contributed by atoms with van der Waals surface area (Å²) in [5, 5.41) is 0. The summed E-state index contributed by atoms with van der Waals surface area (Å²) in [4.78, 5) is 22.1. The molecular formula is C20H16F3N3O. The predicted molar refractivity (Wildman–Crippen MR) is 94.7 cm³/mol. The van der Waals surface area contributed by atoms with Crippen LogP contribution in [0.25, 0.3) is 11.4 Å². The molecule has 4 nitrogen and oxygen atoms in total. The van der Waals surface area contributed by atoms with Gasteiger partial charge < -0.3 is 4.90 Å². The third-order valence-corrected chi connectivity index (χ3v) is 4.01. The molecule has 0 aliphatic rings. The molecular weight excluding hydrogens is 355 g/mol. The largest absolute Gasteiger partial charge is 0.416 e. The first-order chi connectivity index (χ1) is 12.9. The maximum Gasteiger partial charge on any atom is 0.416 e. The van der Waals surface area contributed by atoms with Crippen LogP contribution in [0.2, 0.25) is 0 Å². The standard InChI is InChI=1S/C20H16F3N3O/c1-26(13-15-9-5-6-10-17(15)20(21,22)23)19(27)16-11-24-18(25-12-16)14-7-3-2-4-8-14/h2-12H,13H2,1H3. The number of amides is 1. The van der Waals surface area contributed by atoms with Crippen molar-refractivity contribution in [2.75, 3.05) is 7.05 Å². The van der Waals surface area contributed by atoms with Crippen molar-refractivity contribution in [1.82, 2.24) is 14.9 Å². The smallest absolute Gasteiger partial charge is 0.337 e. The summed E-state index contributed by atoms with van der Waals surface area (Å²) in [7, 11) is 1.45. The highest BCUT2D eigenvalue weighted by Gasteiger charge is 2.33. The van der Waals surface area contributed by atoms with Gasteiger partial charge in [-0.25, -0.2) is 9.97 Å². The summed E-state index contributed by atoms with van der Waals surface area (Å²) in [6.45, 7) is -0.172. The molecule has 0 aliphatic carbocycles. The maximum absolute atomic E-state index is 13.1. The van der Waals surface area contributed by atoms with E-state index in [9.17, 15) is 18.0 Å². The summed E-state index contributed by atoms with van der Waals surface area (Å²) in [6, 6.07) is 14.5. The van der Waals surface area contributed by atoms with Crippen LogP contribution in [-0.4, -0.2) is 27.8 Å². The van der Waals surface area contributed by atoms with Crippen LogP contribution in [0, 0.1) is 0 Å². The first kappa shape index (κ1) is 18.6. The molecule has 1 aromatic heterocycles. The van der Waals surface area contributed by atoms with Gasteiger partial charge in [0.1, 0.15) is 0 Å². The molecule has 0 spiro atoms. The molecule has 138 valence electrons. The third-order valence-electron chi connectivity index (χ3n) is 4.01. The number of nitrogens with zero attached hydrogens (tertiary/aromatic N) is 3. The van der Waals surface area contributed by atoms with E-state index in [1.807, 2.05) is 30.3 Å². The van der Waals surface area contributed by atoms with Gasteiger partial charge in [0, 0.05) is 31.5 Å². The second-order valence-electron chi connectivity index (χ2n) is 5.98. The molecule has 0 saturated carbocycles. The number of rotatable bonds is 4. The zero-order chi connectivity index (χ0) is 19.4. The van der Waals surface area contributed by atoms with E-state index in [0.29, 0.717) is 5.82 Å². The Morgan fingerprint density at radius 2 is 1.56 bits per heavy atom. The van der Waals surface area contributed by atoms with E-state index in [-0.39, 0.29) is 17.7 Å². The summed E-state index contributed by atoms with van der Waals surface area (Å²) < 4.78 is 39.3. The van der Waals surface area contributed by atoms with Crippen molar-refractivity contribution in [2.45, 2.75) is 12.7 Å². The quantitative estimate of drug-likeness (QED) is 0.681. The topological polar surface area (TPSA) is 46.1 Å². The third kappa shape index (κ3) is 4.31. The fourth-order valence-corrected chi connectivity index (χ4v) is 2.66. The fraction of sp³-hybridized carbons (Fsp3) is 0.150. The summed E-state index contributed by atoms with van der Waals surface area (Å²) >= 11 is 0. The fourth-order valence-electron chi connectivity index (χ4n) is 2.66. The molecule has 1 heterocycles. The van der Waals surface area contributed by atoms with E-state index < -0.39 is 17.6 Å². The molecule has 2 aromatic carbocycles. The molecule has 0 fully saturated rings. The lowest BCUT2D eigenvalue weighted by atomic mass is 10.1. The monoisotopic (exact) mass is 371 g/mol. The van der Waals surface area contributed by atoms with Crippen molar-refractivity contribution < 1.29 is 18.0 Å². The minimum atomic E-state index is -4.47.